The summed E-state index contributed by atoms with van der Waals surface area (Å²) in [6.07, 6.45) is 0.838. The first-order valence-electron chi connectivity index (χ1n) is 8.54. The van der Waals surface area contributed by atoms with Gasteiger partial charge < -0.3 is 15.2 Å². The zero-order valence-electron chi connectivity index (χ0n) is 14.2. The molecule has 0 atom stereocenters. The van der Waals surface area contributed by atoms with Crippen molar-refractivity contribution in [1.29, 1.82) is 0 Å². The van der Waals surface area contributed by atoms with Crippen molar-refractivity contribution in [3.63, 3.8) is 0 Å². The number of para-hydroxylation sites is 1. The van der Waals surface area contributed by atoms with Gasteiger partial charge in [-0.3, -0.25) is 0 Å². The number of nitrogens with one attached hydrogen (secondary N) is 1. The Kier molecular flexibility index (Phi) is 4.41. The molecule has 2 aromatic carbocycles. The Morgan fingerprint density at radius 3 is 2.85 bits per heavy atom. The monoisotopic (exact) mass is 349 g/mol. The Balaban J connectivity index is 1.68. The molecule has 4 rings (SSSR count). The van der Waals surface area contributed by atoms with E-state index in [0.29, 0.717) is 6.61 Å². The third-order valence-corrected chi connectivity index (χ3v) is 4.47. The predicted molar refractivity (Wildman–Crippen MR) is 96.7 cm³/mol. The van der Waals surface area contributed by atoms with E-state index in [1.807, 2.05) is 41.1 Å². The van der Waals surface area contributed by atoms with Gasteiger partial charge in [0.2, 0.25) is 0 Å². The molecule has 132 valence electrons. The van der Waals surface area contributed by atoms with Crippen molar-refractivity contribution >= 4 is 5.97 Å². The van der Waals surface area contributed by atoms with Crippen molar-refractivity contribution in [3.8, 4) is 11.4 Å². The van der Waals surface area contributed by atoms with Gasteiger partial charge in [-0.25, -0.2) is 9.48 Å². The number of benzene rings is 2. The van der Waals surface area contributed by atoms with Gasteiger partial charge in [-0.05, 0) is 30.3 Å². The summed E-state index contributed by atoms with van der Waals surface area (Å²) in [5.74, 6) is -0.144. The summed E-state index contributed by atoms with van der Waals surface area (Å²) in [6.45, 7) is 1.98. The minimum atomic E-state index is -0.942. The Morgan fingerprint density at radius 1 is 1.19 bits per heavy atom. The molecule has 1 aliphatic rings. The summed E-state index contributed by atoms with van der Waals surface area (Å²) < 4.78 is 7.73. The van der Waals surface area contributed by atoms with E-state index in [2.05, 4.69) is 5.32 Å². The van der Waals surface area contributed by atoms with Crippen LogP contribution in [-0.4, -0.2) is 27.4 Å². The quantitative estimate of drug-likeness (QED) is 0.741. The molecule has 0 amide bonds. The molecule has 2 heterocycles. The number of hydrogen-bond donors (Lipinski definition) is 2. The molecule has 6 nitrogen and oxygen atoms in total. The van der Waals surface area contributed by atoms with Gasteiger partial charge in [0.1, 0.15) is 18.1 Å². The molecule has 6 heteroatoms. The Hall–Kier alpha value is -3.12. The van der Waals surface area contributed by atoms with Gasteiger partial charge in [0.15, 0.2) is 0 Å². The molecule has 0 saturated heterocycles. The van der Waals surface area contributed by atoms with Gasteiger partial charge in [-0.1, -0.05) is 24.3 Å². The van der Waals surface area contributed by atoms with Crippen molar-refractivity contribution in [2.75, 3.05) is 6.54 Å². The maximum Gasteiger partial charge on any atom is 0.335 e. The lowest BCUT2D eigenvalue weighted by Gasteiger charge is -2.16. The standard InChI is InChI=1S/C20H19N3O3/c24-20(25)14-5-4-6-15(11-14)23-19-9-10-21-12-17(19)18(22-23)13-26-16-7-2-1-3-8-16/h1-8,11,21H,9-10,12-13H2,(H,24,25). The highest BCUT2D eigenvalue weighted by Gasteiger charge is 2.22. The fraction of sp³-hybridized carbons (Fsp3) is 0.200. The van der Waals surface area contributed by atoms with Gasteiger partial charge >= 0.3 is 5.97 Å². The van der Waals surface area contributed by atoms with Crippen LogP contribution >= 0.6 is 0 Å². The second-order valence-electron chi connectivity index (χ2n) is 6.17. The van der Waals surface area contributed by atoms with Crippen molar-refractivity contribution in [2.45, 2.75) is 19.6 Å². The topological polar surface area (TPSA) is 76.4 Å². The van der Waals surface area contributed by atoms with Crippen LogP contribution in [0.4, 0.5) is 0 Å². The molecule has 0 bridgehead atoms. The second-order valence-corrected chi connectivity index (χ2v) is 6.17. The molecule has 0 aliphatic carbocycles. The summed E-state index contributed by atoms with van der Waals surface area (Å²) in [6, 6.07) is 16.5. The van der Waals surface area contributed by atoms with Gasteiger partial charge in [0.05, 0.1) is 16.9 Å². The first-order valence-corrected chi connectivity index (χ1v) is 8.54. The molecule has 1 aliphatic heterocycles. The number of ether oxygens (including phenoxy) is 1. The molecule has 3 aromatic rings. The zero-order chi connectivity index (χ0) is 17.9. The van der Waals surface area contributed by atoms with Crippen LogP contribution in [0, 0.1) is 0 Å². The molecular weight excluding hydrogens is 330 g/mol. The third-order valence-electron chi connectivity index (χ3n) is 4.47. The number of nitrogens with zero attached hydrogens (tertiary/aromatic N) is 2. The van der Waals surface area contributed by atoms with Crippen LogP contribution in [0.1, 0.15) is 27.3 Å². The van der Waals surface area contributed by atoms with Gasteiger partial charge in [0.25, 0.3) is 0 Å². The largest absolute Gasteiger partial charge is 0.487 e. The number of rotatable bonds is 5. The zero-order valence-corrected chi connectivity index (χ0v) is 14.2. The Morgan fingerprint density at radius 2 is 2.04 bits per heavy atom. The average Bonchev–Trinajstić information content (AvgIpc) is 3.06. The summed E-state index contributed by atoms with van der Waals surface area (Å²) in [5, 5.41) is 17.4. The minimum Gasteiger partial charge on any atom is -0.487 e. The minimum absolute atomic E-state index is 0.253. The molecule has 0 unspecified atom stereocenters. The SMILES string of the molecule is O=C(O)c1cccc(-n2nc(COc3ccccc3)c3c2CCNC3)c1. The van der Waals surface area contributed by atoms with Crippen LogP contribution in [0.2, 0.25) is 0 Å². The van der Waals surface area contributed by atoms with Crippen LogP contribution in [0.25, 0.3) is 5.69 Å². The predicted octanol–water partition coefficient (Wildman–Crippen LogP) is 2.80. The number of carboxylic acids is 1. The van der Waals surface area contributed by atoms with Crippen LogP contribution in [0.5, 0.6) is 5.75 Å². The molecule has 1 aromatic heterocycles. The van der Waals surface area contributed by atoms with E-state index >= 15 is 0 Å². The van der Waals surface area contributed by atoms with E-state index < -0.39 is 5.97 Å². The lowest BCUT2D eigenvalue weighted by Crippen LogP contribution is -2.25. The first kappa shape index (κ1) is 16.4. The highest BCUT2D eigenvalue weighted by atomic mass is 16.5. The number of carboxylic acid groups (broad SMARTS) is 1. The van der Waals surface area contributed by atoms with E-state index in [1.54, 1.807) is 18.2 Å². The van der Waals surface area contributed by atoms with Crippen LogP contribution < -0.4 is 10.1 Å². The van der Waals surface area contributed by atoms with Gasteiger partial charge in [-0.15, -0.1) is 0 Å². The second kappa shape index (κ2) is 7.01. The first-order chi connectivity index (χ1) is 12.7. The van der Waals surface area contributed by atoms with E-state index in [9.17, 15) is 9.90 Å². The number of hydrogen-bond acceptors (Lipinski definition) is 4. The lowest BCUT2D eigenvalue weighted by atomic mass is 10.1. The van der Waals surface area contributed by atoms with E-state index in [0.717, 1.165) is 47.9 Å². The summed E-state index contributed by atoms with van der Waals surface area (Å²) in [4.78, 5) is 11.3. The molecule has 0 saturated carbocycles. The molecule has 0 radical (unpaired) electrons. The molecular formula is C20H19N3O3. The average molecular weight is 349 g/mol. The summed E-state index contributed by atoms with van der Waals surface area (Å²) in [5.41, 5.74) is 4.12. The summed E-state index contributed by atoms with van der Waals surface area (Å²) in [7, 11) is 0. The van der Waals surface area contributed by atoms with Crippen LogP contribution in [0.3, 0.4) is 0 Å². The smallest absolute Gasteiger partial charge is 0.335 e. The normalized spacial score (nSPS) is 13.2. The fourth-order valence-corrected chi connectivity index (χ4v) is 3.19. The van der Waals surface area contributed by atoms with Crippen LogP contribution in [-0.2, 0) is 19.6 Å². The lowest BCUT2D eigenvalue weighted by molar-refractivity contribution is 0.0697. The molecule has 0 spiro atoms. The van der Waals surface area contributed by atoms with Gasteiger partial charge in [0, 0.05) is 25.1 Å². The van der Waals surface area contributed by atoms with Crippen LogP contribution in [0.15, 0.2) is 54.6 Å². The number of aromatic nitrogens is 2. The van der Waals surface area contributed by atoms with Crippen molar-refractivity contribution in [2.24, 2.45) is 0 Å². The summed E-state index contributed by atoms with van der Waals surface area (Å²) >= 11 is 0. The Labute approximate surface area is 151 Å². The van der Waals surface area contributed by atoms with Crippen molar-refractivity contribution in [3.05, 3.63) is 77.1 Å². The molecule has 0 fully saturated rings. The van der Waals surface area contributed by atoms with E-state index in [-0.39, 0.29) is 5.56 Å². The van der Waals surface area contributed by atoms with E-state index in [1.165, 1.54) is 0 Å². The number of fused-ring (bicyclic) bond motifs is 1. The maximum atomic E-state index is 11.3. The third kappa shape index (κ3) is 3.19. The number of carbonyl (C=O) groups is 1. The molecule has 2 N–H and O–H groups in total. The molecule has 26 heavy (non-hydrogen) atoms. The fourth-order valence-electron chi connectivity index (χ4n) is 3.19. The van der Waals surface area contributed by atoms with Crippen molar-refractivity contribution in [1.82, 2.24) is 15.1 Å². The highest BCUT2D eigenvalue weighted by Crippen LogP contribution is 2.24. The Bertz CT molecular complexity index is 935. The maximum absolute atomic E-state index is 11.3. The van der Waals surface area contributed by atoms with Crippen molar-refractivity contribution < 1.29 is 14.6 Å². The number of aromatic carboxylic acids is 1. The van der Waals surface area contributed by atoms with E-state index in [4.69, 9.17) is 9.84 Å². The van der Waals surface area contributed by atoms with Gasteiger partial charge in [-0.2, -0.15) is 5.10 Å². The highest BCUT2D eigenvalue weighted by molar-refractivity contribution is 5.88.